The summed E-state index contributed by atoms with van der Waals surface area (Å²) in [6.07, 6.45) is 0.278. The zero-order valence-electron chi connectivity index (χ0n) is 10.9. The number of aromatic nitrogens is 1. The van der Waals surface area contributed by atoms with Crippen molar-refractivity contribution in [3.05, 3.63) is 58.2 Å². The maximum absolute atomic E-state index is 13.0. The Morgan fingerprint density at radius 1 is 1.24 bits per heavy atom. The third-order valence-electron chi connectivity index (χ3n) is 2.70. The number of carbonyl (C=O) groups is 1. The Hall–Kier alpha value is -2.21. The van der Waals surface area contributed by atoms with Crippen LogP contribution in [-0.4, -0.2) is 17.4 Å². The summed E-state index contributed by atoms with van der Waals surface area (Å²) in [6, 6.07) is 6.16. The largest absolute Gasteiger partial charge is 0.384 e. The molecule has 21 heavy (non-hydrogen) atoms. The van der Waals surface area contributed by atoms with E-state index in [-0.39, 0.29) is 29.5 Å². The number of pyridine rings is 1. The first kappa shape index (κ1) is 15.2. The lowest BCUT2D eigenvalue weighted by Crippen LogP contribution is -2.27. The number of hydrogen-bond acceptors (Lipinski definition) is 3. The number of halogens is 3. The molecule has 1 aromatic carbocycles. The van der Waals surface area contributed by atoms with E-state index < -0.39 is 17.5 Å². The van der Waals surface area contributed by atoms with Gasteiger partial charge >= 0.3 is 0 Å². The average molecular weight is 312 g/mol. The van der Waals surface area contributed by atoms with E-state index in [2.05, 4.69) is 10.3 Å². The van der Waals surface area contributed by atoms with Crippen LogP contribution >= 0.6 is 11.6 Å². The Balaban J connectivity index is 1.96. The minimum Gasteiger partial charge on any atom is -0.384 e. The van der Waals surface area contributed by atoms with Crippen LogP contribution in [0.3, 0.4) is 0 Å². The Kier molecular flexibility index (Phi) is 4.70. The maximum Gasteiger partial charge on any atom is 0.271 e. The normalized spacial score (nSPS) is 10.4. The van der Waals surface area contributed by atoms with E-state index in [1.54, 1.807) is 0 Å². The number of rotatable bonds is 4. The summed E-state index contributed by atoms with van der Waals surface area (Å²) in [6.45, 7) is 0.189. The van der Waals surface area contributed by atoms with Crippen molar-refractivity contribution in [3.63, 3.8) is 0 Å². The summed E-state index contributed by atoms with van der Waals surface area (Å²) in [7, 11) is 0. The number of benzene rings is 1. The Morgan fingerprint density at radius 3 is 2.57 bits per heavy atom. The van der Waals surface area contributed by atoms with E-state index in [0.717, 1.165) is 6.07 Å². The van der Waals surface area contributed by atoms with Gasteiger partial charge in [-0.1, -0.05) is 11.6 Å². The van der Waals surface area contributed by atoms with Crippen LogP contribution in [0.25, 0.3) is 0 Å². The van der Waals surface area contributed by atoms with E-state index in [4.69, 9.17) is 17.3 Å². The number of nitrogen functional groups attached to an aromatic ring is 1. The molecule has 0 radical (unpaired) electrons. The number of nitrogens with zero attached hydrogens (tertiary/aromatic N) is 1. The number of hydrogen-bond donors (Lipinski definition) is 2. The molecule has 4 nitrogen and oxygen atoms in total. The first-order chi connectivity index (χ1) is 9.95. The fraction of sp³-hybridized carbons (Fsp3) is 0.143. The van der Waals surface area contributed by atoms with Crippen molar-refractivity contribution >= 4 is 23.3 Å². The van der Waals surface area contributed by atoms with Crippen molar-refractivity contribution in [2.24, 2.45) is 0 Å². The minimum absolute atomic E-state index is 0.0158. The Morgan fingerprint density at radius 2 is 1.90 bits per heavy atom. The molecule has 0 fully saturated rings. The summed E-state index contributed by atoms with van der Waals surface area (Å²) in [5, 5.41) is 2.75. The molecule has 0 atom stereocenters. The molecular weight excluding hydrogens is 300 g/mol. The van der Waals surface area contributed by atoms with Gasteiger partial charge in [-0.3, -0.25) is 4.79 Å². The van der Waals surface area contributed by atoms with Gasteiger partial charge in [0.25, 0.3) is 5.91 Å². The molecular formula is C14H12ClF2N3O. The minimum atomic E-state index is -0.656. The van der Waals surface area contributed by atoms with Gasteiger partial charge in [0, 0.05) is 12.6 Å². The van der Waals surface area contributed by atoms with Gasteiger partial charge in [-0.25, -0.2) is 13.8 Å². The molecule has 0 aliphatic rings. The number of nitrogens with one attached hydrogen (secondary N) is 1. The number of carbonyl (C=O) groups excluding carboxylic acids is 1. The van der Waals surface area contributed by atoms with Gasteiger partial charge in [0.1, 0.15) is 23.1 Å². The second-order valence-corrected chi connectivity index (χ2v) is 4.76. The summed E-state index contributed by atoms with van der Waals surface area (Å²) in [4.78, 5) is 15.7. The van der Waals surface area contributed by atoms with Crippen LogP contribution in [-0.2, 0) is 6.42 Å². The molecule has 0 saturated heterocycles. The van der Waals surface area contributed by atoms with Gasteiger partial charge < -0.3 is 11.1 Å². The number of anilines is 1. The van der Waals surface area contributed by atoms with Crippen molar-refractivity contribution in [1.29, 1.82) is 0 Å². The lowest BCUT2D eigenvalue weighted by molar-refractivity contribution is 0.0949. The van der Waals surface area contributed by atoms with Gasteiger partial charge in [0.15, 0.2) is 0 Å². The zero-order valence-corrected chi connectivity index (χ0v) is 11.6. The molecule has 0 unspecified atom stereocenters. The standard InChI is InChI=1S/C14H12ClF2N3O/c15-11-1-2-12(18)20-13(11)14(21)19-4-3-8-5-9(16)7-10(17)6-8/h1-2,5-7H,3-4H2,(H2,18,20)(H,19,21). The maximum atomic E-state index is 13.0. The molecule has 3 N–H and O–H groups in total. The fourth-order valence-corrected chi connectivity index (χ4v) is 1.97. The molecule has 1 aromatic heterocycles. The number of amides is 1. The van der Waals surface area contributed by atoms with Gasteiger partial charge in [-0.2, -0.15) is 0 Å². The highest BCUT2D eigenvalue weighted by atomic mass is 35.5. The van der Waals surface area contributed by atoms with Crippen molar-refractivity contribution in [2.75, 3.05) is 12.3 Å². The van der Waals surface area contributed by atoms with Gasteiger partial charge in [0.2, 0.25) is 0 Å². The van der Waals surface area contributed by atoms with Crippen LogP contribution in [0.5, 0.6) is 0 Å². The van der Waals surface area contributed by atoms with E-state index in [9.17, 15) is 13.6 Å². The van der Waals surface area contributed by atoms with E-state index >= 15 is 0 Å². The highest BCUT2D eigenvalue weighted by Crippen LogP contribution is 2.15. The highest BCUT2D eigenvalue weighted by Gasteiger charge is 2.12. The highest BCUT2D eigenvalue weighted by molar-refractivity contribution is 6.33. The number of nitrogens with two attached hydrogens (primary N) is 1. The molecule has 0 aliphatic heterocycles. The third-order valence-corrected chi connectivity index (χ3v) is 3.01. The van der Waals surface area contributed by atoms with E-state index in [1.165, 1.54) is 24.3 Å². The van der Waals surface area contributed by atoms with E-state index in [1.807, 2.05) is 0 Å². The SMILES string of the molecule is Nc1ccc(Cl)c(C(=O)NCCc2cc(F)cc(F)c2)n1. The van der Waals surface area contributed by atoms with Gasteiger partial charge in [0.05, 0.1) is 5.02 Å². The summed E-state index contributed by atoms with van der Waals surface area (Å²) in [5.74, 6) is -1.63. The quantitative estimate of drug-likeness (QED) is 0.912. The summed E-state index contributed by atoms with van der Waals surface area (Å²) < 4.78 is 26.0. The second-order valence-electron chi connectivity index (χ2n) is 4.35. The topological polar surface area (TPSA) is 68.0 Å². The average Bonchev–Trinajstić information content (AvgIpc) is 2.40. The zero-order chi connectivity index (χ0) is 15.4. The van der Waals surface area contributed by atoms with Crippen LogP contribution < -0.4 is 11.1 Å². The Labute approximate surface area is 124 Å². The fourth-order valence-electron chi connectivity index (χ4n) is 1.78. The molecule has 7 heteroatoms. The monoisotopic (exact) mass is 311 g/mol. The molecule has 2 aromatic rings. The van der Waals surface area contributed by atoms with Gasteiger partial charge in [-0.15, -0.1) is 0 Å². The van der Waals surface area contributed by atoms with Crippen LogP contribution in [0, 0.1) is 11.6 Å². The van der Waals surface area contributed by atoms with Crippen LogP contribution in [0.2, 0.25) is 5.02 Å². The molecule has 0 aliphatic carbocycles. The predicted octanol–water partition coefficient (Wildman–Crippen LogP) is 2.57. The lowest BCUT2D eigenvalue weighted by atomic mass is 10.1. The van der Waals surface area contributed by atoms with E-state index in [0.29, 0.717) is 5.56 Å². The molecule has 0 saturated carbocycles. The molecule has 2 rings (SSSR count). The van der Waals surface area contributed by atoms with Gasteiger partial charge in [-0.05, 0) is 36.2 Å². The van der Waals surface area contributed by atoms with Crippen molar-refractivity contribution in [3.8, 4) is 0 Å². The van der Waals surface area contributed by atoms with Crippen molar-refractivity contribution in [2.45, 2.75) is 6.42 Å². The summed E-state index contributed by atoms with van der Waals surface area (Å²) in [5.41, 5.74) is 5.94. The third kappa shape index (κ3) is 4.13. The molecule has 1 heterocycles. The Bertz CT molecular complexity index is 659. The van der Waals surface area contributed by atoms with Crippen LogP contribution in [0.15, 0.2) is 30.3 Å². The smallest absolute Gasteiger partial charge is 0.271 e. The summed E-state index contributed by atoms with van der Waals surface area (Å²) >= 11 is 5.85. The van der Waals surface area contributed by atoms with Crippen LogP contribution in [0.4, 0.5) is 14.6 Å². The lowest BCUT2D eigenvalue weighted by Gasteiger charge is -2.07. The first-order valence-corrected chi connectivity index (χ1v) is 6.48. The molecule has 0 bridgehead atoms. The van der Waals surface area contributed by atoms with Crippen molar-refractivity contribution in [1.82, 2.24) is 10.3 Å². The first-order valence-electron chi connectivity index (χ1n) is 6.11. The predicted molar refractivity (Wildman–Crippen MR) is 76.1 cm³/mol. The molecule has 110 valence electrons. The van der Waals surface area contributed by atoms with Crippen molar-refractivity contribution < 1.29 is 13.6 Å². The molecule has 1 amide bonds. The second kappa shape index (κ2) is 6.49. The van der Waals surface area contributed by atoms with Crippen LogP contribution in [0.1, 0.15) is 16.1 Å². The molecule has 0 spiro atoms.